The Bertz CT molecular complexity index is 268. The van der Waals surface area contributed by atoms with Crippen LogP contribution in [-0.4, -0.2) is 62.5 Å². The van der Waals surface area contributed by atoms with Crippen molar-refractivity contribution < 1.29 is 70.1 Å². The third kappa shape index (κ3) is 3.32. The second kappa shape index (κ2) is 6.89. The number of ether oxygens (including phenoxy) is 1. The molecule has 94 valence electrons. The Hall–Kier alpha value is 0.120. The molecular formula is C6H11N2NaO8. The molecule has 10 nitrogen and oxygen atoms in total. The van der Waals surface area contributed by atoms with Gasteiger partial charge in [-0.15, -0.1) is 5.11 Å². The van der Waals surface area contributed by atoms with Crippen LogP contribution >= 0.6 is 0 Å². The van der Waals surface area contributed by atoms with Gasteiger partial charge >= 0.3 is 29.6 Å². The monoisotopic (exact) mass is 262 g/mol. The van der Waals surface area contributed by atoms with Gasteiger partial charge in [0.15, 0.2) is 0 Å². The summed E-state index contributed by atoms with van der Waals surface area (Å²) in [6, 6.07) is 0. The van der Waals surface area contributed by atoms with Crippen molar-refractivity contribution in [2.24, 2.45) is 10.4 Å². The maximum Gasteiger partial charge on any atom is 1.00 e. The maximum atomic E-state index is 9.58. The van der Waals surface area contributed by atoms with Gasteiger partial charge in [-0.05, 0) is 0 Å². The van der Waals surface area contributed by atoms with Crippen LogP contribution in [0.4, 0.5) is 0 Å². The van der Waals surface area contributed by atoms with E-state index in [0.717, 1.165) is 0 Å². The second-order valence-electron chi connectivity index (χ2n) is 3.18. The molecule has 0 radical (unpaired) electrons. The number of aliphatic hydroxyl groups is 5. The van der Waals surface area contributed by atoms with Gasteiger partial charge in [0.25, 0.3) is 5.72 Å². The molecule has 0 spiro atoms. The first-order valence-corrected chi connectivity index (χ1v) is 4.21. The van der Waals surface area contributed by atoms with E-state index in [0.29, 0.717) is 0 Å². The molecule has 5 atom stereocenters. The molecule has 1 heterocycles. The molecule has 5 N–H and O–H groups in total. The van der Waals surface area contributed by atoms with Gasteiger partial charge in [0.2, 0.25) is 6.29 Å². The molecule has 0 aromatic rings. The van der Waals surface area contributed by atoms with Gasteiger partial charge in [-0.3, -0.25) is 0 Å². The molecule has 11 heteroatoms. The fourth-order valence-corrected chi connectivity index (χ4v) is 1.29. The van der Waals surface area contributed by atoms with Crippen LogP contribution in [0.5, 0.6) is 0 Å². The van der Waals surface area contributed by atoms with E-state index in [2.05, 4.69) is 20.1 Å². The van der Waals surface area contributed by atoms with Crippen LogP contribution in [0.15, 0.2) is 10.4 Å². The summed E-state index contributed by atoms with van der Waals surface area (Å²) in [7, 11) is 0. The summed E-state index contributed by atoms with van der Waals surface area (Å²) in [5.74, 6) is 0. The molecule has 17 heavy (non-hydrogen) atoms. The van der Waals surface area contributed by atoms with Gasteiger partial charge in [-0.25, -0.2) is 0 Å². The Labute approximate surface area is 117 Å². The maximum absolute atomic E-state index is 9.58. The molecule has 0 aliphatic carbocycles. The van der Waals surface area contributed by atoms with Crippen LogP contribution in [0.25, 0.3) is 0 Å². The number of hydrogen-bond donors (Lipinski definition) is 5. The molecule has 1 aliphatic rings. The standard InChI is InChI=1S/C6H12N2O8.Na/c9-1-2-3(10)4(11)6(13,5(12)15-2)7-8-16-14;/h2-5,9-14H,1H2;/q;+1/p-1/b8-7-;/t2?,3-,4+,5-,6?;/m1./s1. The van der Waals surface area contributed by atoms with E-state index in [9.17, 15) is 25.7 Å². The summed E-state index contributed by atoms with van der Waals surface area (Å²) in [4.78, 5) is 2.93. The summed E-state index contributed by atoms with van der Waals surface area (Å²) in [5.41, 5.74) is -2.74. The first kappa shape index (κ1) is 17.1. The SMILES string of the molecule is [Na+].[O-]O/N=N\C1(O)[C@H](O)OC(CO)[C@@H](O)[C@@H]1O. The summed E-state index contributed by atoms with van der Waals surface area (Å²) >= 11 is 0. The molecule has 0 aromatic carbocycles. The fourth-order valence-electron chi connectivity index (χ4n) is 1.29. The van der Waals surface area contributed by atoms with E-state index in [1.807, 2.05) is 0 Å². The van der Waals surface area contributed by atoms with E-state index < -0.39 is 36.9 Å². The average molecular weight is 262 g/mol. The third-order valence-electron chi connectivity index (χ3n) is 2.22. The largest absolute Gasteiger partial charge is 1.00 e. The molecule has 0 aromatic heterocycles. The van der Waals surface area contributed by atoms with Crippen LogP contribution < -0.4 is 34.8 Å². The predicted octanol–water partition coefficient (Wildman–Crippen LogP) is -7.23. The molecular weight excluding hydrogens is 251 g/mol. The zero-order valence-corrected chi connectivity index (χ0v) is 10.9. The second-order valence-corrected chi connectivity index (χ2v) is 3.18. The zero-order chi connectivity index (χ0) is 12.3. The Balaban J connectivity index is 0.00000256. The summed E-state index contributed by atoms with van der Waals surface area (Å²) in [6.07, 6.45) is -7.10. The molecule has 0 amide bonds. The first-order chi connectivity index (χ1) is 7.47. The quantitative estimate of drug-likeness (QED) is 0.145. The molecule has 0 bridgehead atoms. The normalized spacial score (nSPS) is 42.2. The number of rotatable bonds is 3. The Kier molecular flexibility index (Phi) is 6.94. The number of hydrogen-bond acceptors (Lipinski definition) is 10. The van der Waals surface area contributed by atoms with Gasteiger partial charge in [-0.1, -0.05) is 0 Å². The van der Waals surface area contributed by atoms with Gasteiger partial charge in [0, 0.05) is 5.28 Å². The average Bonchev–Trinajstić information content (AvgIpc) is 2.29. The molecule has 2 unspecified atom stereocenters. The van der Waals surface area contributed by atoms with E-state index in [1.165, 1.54) is 0 Å². The molecule has 1 rings (SSSR count). The summed E-state index contributed by atoms with van der Waals surface area (Å²) in [5, 5.41) is 61.1. The zero-order valence-electron chi connectivity index (χ0n) is 8.87. The predicted molar refractivity (Wildman–Crippen MR) is 40.9 cm³/mol. The number of aliphatic hydroxyl groups excluding tert-OH is 4. The van der Waals surface area contributed by atoms with Crippen molar-refractivity contribution in [2.75, 3.05) is 6.61 Å². The van der Waals surface area contributed by atoms with Crippen molar-refractivity contribution in [3.8, 4) is 0 Å². The summed E-state index contributed by atoms with van der Waals surface area (Å²) < 4.78 is 4.57. The fraction of sp³-hybridized carbons (Fsp3) is 1.00. The van der Waals surface area contributed by atoms with Crippen molar-refractivity contribution in [2.45, 2.75) is 30.3 Å². The van der Waals surface area contributed by atoms with Crippen molar-refractivity contribution in [3.05, 3.63) is 0 Å². The van der Waals surface area contributed by atoms with Crippen molar-refractivity contribution >= 4 is 0 Å². The minimum atomic E-state index is -2.74. The topological polar surface area (TPSA) is 167 Å². The van der Waals surface area contributed by atoms with Crippen LogP contribution in [0.3, 0.4) is 0 Å². The molecule has 1 fully saturated rings. The molecule has 1 saturated heterocycles. The summed E-state index contributed by atoms with van der Waals surface area (Å²) in [6.45, 7) is -0.694. The van der Waals surface area contributed by atoms with E-state index in [4.69, 9.17) is 5.11 Å². The molecule has 0 saturated carbocycles. The van der Waals surface area contributed by atoms with Gasteiger partial charge in [0.1, 0.15) is 18.3 Å². The van der Waals surface area contributed by atoms with Crippen LogP contribution in [-0.2, 0) is 9.73 Å². The van der Waals surface area contributed by atoms with Gasteiger partial charge in [0.05, 0.1) is 6.61 Å². The van der Waals surface area contributed by atoms with E-state index in [1.54, 1.807) is 0 Å². The minimum Gasteiger partial charge on any atom is -0.636 e. The van der Waals surface area contributed by atoms with E-state index in [-0.39, 0.29) is 29.6 Å². The van der Waals surface area contributed by atoms with Crippen LogP contribution in [0, 0.1) is 0 Å². The van der Waals surface area contributed by atoms with Crippen molar-refractivity contribution in [3.63, 3.8) is 0 Å². The number of nitrogens with zero attached hydrogens (tertiary/aromatic N) is 2. The Morgan fingerprint density at radius 1 is 1.35 bits per heavy atom. The smallest absolute Gasteiger partial charge is 0.636 e. The van der Waals surface area contributed by atoms with Gasteiger partial charge < -0.3 is 40.5 Å². The third-order valence-corrected chi connectivity index (χ3v) is 2.22. The first-order valence-electron chi connectivity index (χ1n) is 4.21. The Morgan fingerprint density at radius 2 is 1.94 bits per heavy atom. The van der Waals surface area contributed by atoms with Crippen LogP contribution in [0.1, 0.15) is 0 Å². The Morgan fingerprint density at radius 3 is 2.41 bits per heavy atom. The van der Waals surface area contributed by atoms with Crippen LogP contribution in [0.2, 0.25) is 0 Å². The van der Waals surface area contributed by atoms with Crippen molar-refractivity contribution in [1.82, 2.24) is 0 Å². The minimum absolute atomic E-state index is 0. The van der Waals surface area contributed by atoms with Gasteiger partial charge in [-0.2, -0.15) is 0 Å². The van der Waals surface area contributed by atoms with Crippen molar-refractivity contribution in [1.29, 1.82) is 0 Å². The van der Waals surface area contributed by atoms with E-state index >= 15 is 0 Å². The molecule has 1 aliphatic heterocycles.